The Morgan fingerprint density at radius 1 is 1.26 bits per heavy atom. The first-order valence-electron chi connectivity index (χ1n) is 8.89. The van der Waals surface area contributed by atoms with E-state index in [1.807, 2.05) is 0 Å². The predicted molar refractivity (Wildman–Crippen MR) is 103 cm³/mol. The van der Waals surface area contributed by atoms with Crippen LogP contribution in [0.2, 0.25) is 0 Å². The van der Waals surface area contributed by atoms with E-state index in [-0.39, 0.29) is 29.3 Å². The zero-order chi connectivity index (χ0) is 18.6. The van der Waals surface area contributed by atoms with Crippen molar-refractivity contribution in [2.45, 2.75) is 43.2 Å². The Kier molecular flexibility index (Phi) is 7.72. The molecular weight excluding hydrogens is 394 g/mol. The monoisotopic (exact) mass is 419 g/mol. The van der Waals surface area contributed by atoms with Gasteiger partial charge in [-0.05, 0) is 38.4 Å². The molecule has 2 atom stereocenters. The lowest BCUT2D eigenvalue weighted by atomic mass is 10.2. The molecule has 152 valence electrons. The summed E-state index contributed by atoms with van der Waals surface area (Å²) in [6, 6.07) is 3.83. The highest BCUT2D eigenvalue weighted by molar-refractivity contribution is 7.89. The van der Waals surface area contributed by atoms with Gasteiger partial charge in [-0.15, -0.1) is 12.4 Å². The molecule has 2 unspecified atom stereocenters. The van der Waals surface area contributed by atoms with Crippen molar-refractivity contribution in [3.63, 3.8) is 0 Å². The van der Waals surface area contributed by atoms with E-state index in [2.05, 4.69) is 15.4 Å². The quantitative estimate of drug-likeness (QED) is 0.630. The summed E-state index contributed by atoms with van der Waals surface area (Å²) in [7, 11) is -3.85. The number of halogens is 1. The van der Waals surface area contributed by atoms with Gasteiger partial charge in [0.05, 0.1) is 24.2 Å². The van der Waals surface area contributed by atoms with Crippen LogP contribution < -0.4 is 24.8 Å². The van der Waals surface area contributed by atoms with Gasteiger partial charge in [0.2, 0.25) is 15.9 Å². The number of rotatable bonds is 6. The summed E-state index contributed by atoms with van der Waals surface area (Å²) in [6.07, 6.45) is 2.84. The number of fused-ring (bicyclic) bond motifs is 1. The normalized spacial score (nSPS) is 20.3. The molecular formula is C17H26ClN3O5S. The van der Waals surface area contributed by atoms with Gasteiger partial charge in [0, 0.05) is 25.1 Å². The van der Waals surface area contributed by atoms with Crippen molar-refractivity contribution < 1.29 is 22.7 Å². The van der Waals surface area contributed by atoms with E-state index < -0.39 is 16.1 Å². The maximum Gasteiger partial charge on any atom is 0.241 e. The summed E-state index contributed by atoms with van der Waals surface area (Å²) >= 11 is 0. The van der Waals surface area contributed by atoms with Crippen LogP contribution in [-0.2, 0) is 14.8 Å². The Morgan fingerprint density at radius 3 is 2.70 bits per heavy atom. The van der Waals surface area contributed by atoms with E-state index in [0.29, 0.717) is 31.3 Å². The van der Waals surface area contributed by atoms with Gasteiger partial charge in [0.1, 0.15) is 0 Å². The highest BCUT2D eigenvalue weighted by Crippen LogP contribution is 2.31. The van der Waals surface area contributed by atoms with Crippen LogP contribution in [-0.4, -0.2) is 52.7 Å². The SMILES string of the molecule is CC(NS(=O)(=O)c1ccc2c(c1)OCCCO2)C(=O)NCC1CCCN1.Cl. The Balaban J connectivity index is 0.00000261. The largest absolute Gasteiger partial charge is 0.490 e. The molecule has 1 aromatic carbocycles. The van der Waals surface area contributed by atoms with Crippen molar-refractivity contribution in [1.82, 2.24) is 15.4 Å². The number of ether oxygens (including phenoxy) is 2. The second-order valence-corrected chi connectivity index (χ2v) is 8.25. The second kappa shape index (κ2) is 9.59. The number of hydrogen-bond donors (Lipinski definition) is 3. The van der Waals surface area contributed by atoms with Gasteiger partial charge in [0.25, 0.3) is 0 Å². The molecule has 1 fully saturated rings. The summed E-state index contributed by atoms with van der Waals surface area (Å²) in [6.45, 7) is 3.97. The number of hydrogen-bond acceptors (Lipinski definition) is 6. The summed E-state index contributed by atoms with van der Waals surface area (Å²) in [5.74, 6) is 0.572. The molecule has 2 aliphatic heterocycles. The molecule has 0 radical (unpaired) electrons. The van der Waals surface area contributed by atoms with Crippen LogP contribution in [0.5, 0.6) is 11.5 Å². The molecule has 0 aromatic heterocycles. The Labute approximate surface area is 165 Å². The van der Waals surface area contributed by atoms with Gasteiger partial charge in [-0.25, -0.2) is 8.42 Å². The molecule has 0 saturated carbocycles. The molecule has 10 heteroatoms. The van der Waals surface area contributed by atoms with Crippen LogP contribution in [0.15, 0.2) is 23.1 Å². The van der Waals surface area contributed by atoms with Crippen LogP contribution in [0.1, 0.15) is 26.2 Å². The molecule has 0 spiro atoms. The van der Waals surface area contributed by atoms with E-state index in [9.17, 15) is 13.2 Å². The van der Waals surface area contributed by atoms with Crippen molar-refractivity contribution in [2.24, 2.45) is 0 Å². The molecule has 27 heavy (non-hydrogen) atoms. The highest BCUT2D eigenvalue weighted by Gasteiger charge is 2.24. The van der Waals surface area contributed by atoms with Gasteiger partial charge in [0.15, 0.2) is 11.5 Å². The molecule has 0 bridgehead atoms. The lowest BCUT2D eigenvalue weighted by Crippen LogP contribution is -2.47. The third-order valence-electron chi connectivity index (χ3n) is 4.44. The number of benzene rings is 1. The lowest BCUT2D eigenvalue weighted by Gasteiger charge is -2.17. The second-order valence-electron chi connectivity index (χ2n) is 6.54. The molecule has 0 aliphatic carbocycles. The van der Waals surface area contributed by atoms with Crippen molar-refractivity contribution in [1.29, 1.82) is 0 Å². The molecule has 1 saturated heterocycles. The van der Waals surface area contributed by atoms with Gasteiger partial charge in [-0.2, -0.15) is 4.72 Å². The Morgan fingerprint density at radius 2 is 2.00 bits per heavy atom. The number of carbonyl (C=O) groups is 1. The maximum atomic E-state index is 12.6. The van der Waals surface area contributed by atoms with Gasteiger partial charge in [-0.1, -0.05) is 0 Å². The topological polar surface area (TPSA) is 106 Å². The van der Waals surface area contributed by atoms with E-state index >= 15 is 0 Å². The fourth-order valence-electron chi connectivity index (χ4n) is 2.97. The standard InChI is InChI=1S/C17H25N3O5S.ClH/c1-12(17(21)19-11-13-4-2-7-18-13)20-26(22,23)14-5-6-15-16(10-14)25-9-3-8-24-15;/h5-6,10,12-13,18,20H,2-4,7-9,11H2,1H3,(H,19,21);1H. The third-order valence-corrected chi connectivity index (χ3v) is 5.98. The third kappa shape index (κ3) is 5.71. The average Bonchev–Trinajstić information content (AvgIpc) is 3.02. The fraction of sp³-hybridized carbons (Fsp3) is 0.588. The summed E-state index contributed by atoms with van der Waals surface area (Å²) in [4.78, 5) is 12.2. The molecule has 2 heterocycles. The first kappa shape index (κ1) is 21.7. The van der Waals surface area contributed by atoms with Crippen LogP contribution in [0, 0.1) is 0 Å². The van der Waals surface area contributed by atoms with Gasteiger partial charge < -0.3 is 20.1 Å². The van der Waals surface area contributed by atoms with Crippen LogP contribution in [0.25, 0.3) is 0 Å². The van der Waals surface area contributed by atoms with Crippen LogP contribution in [0.4, 0.5) is 0 Å². The number of amides is 1. The van der Waals surface area contributed by atoms with Gasteiger partial charge in [-0.3, -0.25) is 4.79 Å². The zero-order valence-corrected chi connectivity index (χ0v) is 16.8. The first-order valence-corrected chi connectivity index (χ1v) is 10.4. The molecule has 3 N–H and O–H groups in total. The zero-order valence-electron chi connectivity index (χ0n) is 15.2. The number of carbonyl (C=O) groups excluding carboxylic acids is 1. The molecule has 8 nitrogen and oxygen atoms in total. The molecule has 1 amide bonds. The van der Waals surface area contributed by atoms with Gasteiger partial charge >= 0.3 is 0 Å². The van der Waals surface area contributed by atoms with E-state index in [1.165, 1.54) is 19.1 Å². The summed E-state index contributed by atoms with van der Waals surface area (Å²) in [5.41, 5.74) is 0. The Bertz CT molecular complexity index is 753. The lowest BCUT2D eigenvalue weighted by molar-refractivity contribution is -0.122. The van der Waals surface area contributed by atoms with Crippen LogP contribution >= 0.6 is 12.4 Å². The average molecular weight is 420 g/mol. The first-order chi connectivity index (χ1) is 12.5. The number of sulfonamides is 1. The minimum Gasteiger partial charge on any atom is -0.490 e. The van der Waals surface area contributed by atoms with E-state index in [1.54, 1.807) is 6.07 Å². The fourth-order valence-corrected chi connectivity index (χ4v) is 4.19. The van der Waals surface area contributed by atoms with Crippen molar-refractivity contribution >= 4 is 28.3 Å². The molecule has 2 aliphatic rings. The minimum absolute atomic E-state index is 0. The van der Waals surface area contributed by atoms with E-state index in [4.69, 9.17) is 9.47 Å². The van der Waals surface area contributed by atoms with Crippen molar-refractivity contribution in [3.05, 3.63) is 18.2 Å². The van der Waals surface area contributed by atoms with Crippen molar-refractivity contribution in [3.8, 4) is 11.5 Å². The Hall–Kier alpha value is -1.55. The number of nitrogens with one attached hydrogen (secondary N) is 3. The smallest absolute Gasteiger partial charge is 0.241 e. The maximum absolute atomic E-state index is 12.6. The molecule has 3 rings (SSSR count). The van der Waals surface area contributed by atoms with E-state index in [0.717, 1.165) is 25.8 Å². The highest BCUT2D eigenvalue weighted by atomic mass is 35.5. The van der Waals surface area contributed by atoms with Crippen LogP contribution in [0.3, 0.4) is 0 Å². The molecule has 1 aromatic rings. The summed E-state index contributed by atoms with van der Waals surface area (Å²) in [5, 5.41) is 6.06. The van der Waals surface area contributed by atoms with Crippen molar-refractivity contribution in [2.75, 3.05) is 26.3 Å². The minimum atomic E-state index is -3.85. The predicted octanol–water partition coefficient (Wildman–Crippen LogP) is 0.805. The summed E-state index contributed by atoms with van der Waals surface area (Å²) < 4.78 is 38.6.